The second kappa shape index (κ2) is 5.05. The first-order valence-corrected chi connectivity index (χ1v) is 8.67. The van der Waals surface area contributed by atoms with Crippen LogP contribution in [0.5, 0.6) is 0 Å². The first-order valence-electron chi connectivity index (χ1n) is 6.18. The summed E-state index contributed by atoms with van der Waals surface area (Å²) in [5, 5.41) is 10.5. The molecule has 0 radical (unpaired) electrons. The molecule has 0 N–H and O–H groups in total. The molecule has 5 nitrogen and oxygen atoms in total. The molecule has 2 aromatic rings. The van der Waals surface area contributed by atoms with Crippen molar-refractivity contribution in [2.45, 2.75) is 18.8 Å². The molecule has 0 amide bonds. The smallest absolute Gasteiger partial charge is 0.218 e. The first-order chi connectivity index (χ1) is 9.58. The van der Waals surface area contributed by atoms with Gasteiger partial charge in [-0.1, -0.05) is 0 Å². The lowest BCUT2D eigenvalue weighted by molar-refractivity contribution is 0.341. The van der Waals surface area contributed by atoms with E-state index in [1.54, 1.807) is 11.4 Å². The van der Waals surface area contributed by atoms with Gasteiger partial charge in [0.1, 0.15) is 10.9 Å². The molecule has 3 heterocycles. The minimum atomic E-state index is -3.33. The van der Waals surface area contributed by atoms with E-state index in [1.165, 1.54) is 15.6 Å². The maximum Gasteiger partial charge on any atom is 0.218 e. The van der Waals surface area contributed by atoms with Gasteiger partial charge in [-0.2, -0.15) is 9.57 Å². The van der Waals surface area contributed by atoms with Crippen molar-refractivity contribution < 1.29 is 8.42 Å². The standard InChI is InChI=1S/C13H13N3O2S2/c14-7-13-6-11(9-19-13)10-20(17,18)16-5-4-15-3-1-2-12(15)8-16/h1-3,6,9H,4-5,8,10H2. The topological polar surface area (TPSA) is 66.1 Å². The molecular formula is C13H13N3O2S2. The Hall–Kier alpha value is -1.62. The Kier molecular flexibility index (Phi) is 3.38. The summed E-state index contributed by atoms with van der Waals surface area (Å²) < 4.78 is 28.4. The molecule has 0 spiro atoms. The Morgan fingerprint density at radius 3 is 3.00 bits per heavy atom. The van der Waals surface area contributed by atoms with Crippen molar-refractivity contribution in [3.05, 3.63) is 45.9 Å². The average Bonchev–Trinajstić information content (AvgIpc) is 3.05. The Morgan fingerprint density at radius 2 is 2.25 bits per heavy atom. The van der Waals surface area contributed by atoms with Crippen LogP contribution in [0, 0.1) is 11.3 Å². The van der Waals surface area contributed by atoms with Gasteiger partial charge in [0, 0.05) is 25.0 Å². The summed E-state index contributed by atoms with van der Waals surface area (Å²) in [5.41, 5.74) is 1.70. The van der Waals surface area contributed by atoms with E-state index >= 15 is 0 Å². The highest BCUT2D eigenvalue weighted by molar-refractivity contribution is 7.88. The van der Waals surface area contributed by atoms with Crippen molar-refractivity contribution in [2.75, 3.05) is 6.54 Å². The van der Waals surface area contributed by atoms with Crippen LogP contribution in [0.3, 0.4) is 0 Å². The Bertz CT molecular complexity index is 768. The largest absolute Gasteiger partial charge is 0.349 e. The van der Waals surface area contributed by atoms with Crippen LogP contribution < -0.4 is 0 Å². The van der Waals surface area contributed by atoms with E-state index in [9.17, 15) is 8.42 Å². The van der Waals surface area contributed by atoms with E-state index in [-0.39, 0.29) is 5.75 Å². The quantitative estimate of drug-likeness (QED) is 0.868. The molecule has 3 rings (SSSR count). The molecule has 0 aliphatic carbocycles. The van der Waals surface area contributed by atoms with Crippen LogP contribution in [-0.4, -0.2) is 23.8 Å². The fraction of sp³-hybridized carbons (Fsp3) is 0.308. The van der Waals surface area contributed by atoms with Gasteiger partial charge in [0.15, 0.2) is 0 Å². The van der Waals surface area contributed by atoms with Crippen molar-refractivity contribution in [3.8, 4) is 6.07 Å². The molecule has 20 heavy (non-hydrogen) atoms. The molecule has 0 atom stereocenters. The molecule has 0 aromatic carbocycles. The number of nitrogens with zero attached hydrogens (tertiary/aromatic N) is 3. The highest BCUT2D eigenvalue weighted by atomic mass is 32.2. The maximum absolute atomic E-state index is 12.4. The Morgan fingerprint density at radius 1 is 1.40 bits per heavy atom. The van der Waals surface area contributed by atoms with Gasteiger partial charge in [0.25, 0.3) is 0 Å². The normalized spacial score (nSPS) is 15.8. The van der Waals surface area contributed by atoms with E-state index in [0.29, 0.717) is 30.1 Å². The number of nitriles is 1. The third kappa shape index (κ3) is 2.50. The van der Waals surface area contributed by atoms with Crippen molar-refractivity contribution in [3.63, 3.8) is 0 Å². The van der Waals surface area contributed by atoms with Crippen LogP contribution in [0.25, 0.3) is 0 Å². The number of sulfonamides is 1. The zero-order chi connectivity index (χ0) is 14.2. The predicted octanol–water partition coefficient (Wildman–Crippen LogP) is 1.77. The number of aromatic nitrogens is 1. The van der Waals surface area contributed by atoms with Crippen molar-refractivity contribution in [2.24, 2.45) is 0 Å². The summed E-state index contributed by atoms with van der Waals surface area (Å²) >= 11 is 1.28. The van der Waals surface area contributed by atoms with E-state index in [1.807, 2.05) is 24.4 Å². The molecule has 0 saturated heterocycles. The van der Waals surface area contributed by atoms with Crippen LogP contribution >= 0.6 is 11.3 Å². The molecule has 2 aromatic heterocycles. The van der Waals surface area contributed by atoms with Gasteiger partial charge in [-0.05, 0) is 29.1 Å². The van der Waals surface area contributed by atoms with E-state index in [4.69, 9.17) is 5.26 Å². The molecule has 1 aliphatic rings. The highest BCUT2D eigenvalue weighted by Crippen LogP contribution is 2.21. The Balaban J connectivity index is 1.78. The summed E-state index contributed by atoms with van der Waals surface area (Å²) in [5.74, 6) is -0.0358. The van der Waals surface area contributed by atoms with Gasteiger partial charge < -0.3 is 4.57 Å². The zero-order valence-corrected chi connectivity index (χ0v) is 12.3. The molecular weight excluding hydrogens is 294 g/mol. The van der Waals surface area contributed by atoms with Crippen molar-refractivity contribution in [1.29, 1.82) is 5.26 Å². The molecule has 0 fully saturated rings. The van der Waals surface area contributed by atoms with Gasteiger partial charge >= 0.3 is 0 Å². The molecule has 7 heteroatoms. The van der Waals surface area contributed by atoms with Gasteiger partial charge in [-0.25, -0.2) is 8.42 Å². The van der Waals surface area contributed by atoms with Gasteiger partial charge in [0.05, 0.1) is 12.3 Å². The fourth-order valence-electron chi connectivity index (χ4n) is 2.34. The number of fused-ring (bicyclic) bond motifs is 1. The second-order valence-corrected chi connectivity index (χ2v) is 7.59. The van der Waals surface area contributed by atoms with Crippen LogP contribution in [0.1, 0.15) is 16.1 Å². The molecule has 0 bridgehead atoms. The zero-order valence-electron chi connectivity index (χ0n) is 10.7. The van der Waals surface area contributed by atoms with E-state index in [2.05, 4.69) is 4.57 Å². The number of hydrogen-bond donors (Lipinski definition) is 0. The van der Waals surface area contributed by atoms with Crippen LogP contribution in [-0.2, 0) is 28.9 Å². The third-order valence-electron chi connectivity index (χ3n) is 3.36. The third-order valence-corrected chi connectivity index (χ3v) is 6.04. The summed E-state index contributed by atoms with van der Waals surface area (Å²) in [6, 6.07) is 7.56. The predicted molar refractivity (Wildman–Crippen MR) is 76.5 cm³/mol. The minimum Gasteiger partial charge on any atom is -0.349 e. The van der Waals surface area contributed by atoms with Gasteiger partial charge in [-0.3, -0.25) is 0 Å². The minimum absolute atomic E-state index is 0.0358. The molecule has 104 valence electrons. The second-order valence-electron chi connectivity index (χ2n) is 4.71. The first kappa shape index (κ1) is 13.4. The molecule has 0 unspecified atom stereocenters. The lowest BCUT2D eigenvalue weighted by Crippen LogP contribution is -2.38. The summed E-state index contributed by atoms with van der Waals surface area (Å²) in [6.45, 7) is 1.61. The summed E-state index contributed by atoms with van der Waals surface area (Å²) in [6.07, 6.45) is 1.97. The average molecular weight is 307 g/mol. The molecule has 1 aliphatic heterocycles. The number of thiophene rings is 1. The van der Waals surface area contributed by atoms with Crippen molar-refractivity contribution >= 4 is 21.4 Å². The highest BCUT2D eigenvalue weighted by Gasteiger charge is 2.26. The van der Waals surface area contributed by atoms with E-state index < -0.39 is 10.0 Å². The van der Waals surface area contributed by atoms with Gasteiger partial charge in [-0.15, -0.1) is 11.3 Å². The van der Waals surface area contributed by atoms with Crippen LogP contribution in [0.15, 0.2) is 29.8 Å². The summed E-state index contributed by atoms with van der Waals surface area (Å²) in [4.78, 5) is 0.544. The maximum atomic E-state index is 12.4. The monoisotopic (exact) mass is 307 g/mol. The SMILES string of the molecule is N#Cc1cc(CS(=O)(=O)N2CCn3cccc3C2)cs1. The van der Waals surface area contributed by atoms with Gasteiger partial charge in [0.2, 0.25) is 10.0 Å². The summed E-state index contributed by atoms with van der Waals surface area (Å²) in [7, 11) is -3.33. The number of rotatable bonds is 3. The van der Waals surface area contributed by atoms with E-state index in [0.717, 1.165) is 5.69 Å². The lowest BCUT2D eigenvalue weighted by Gasteiger charge is -2.27. The van der Waals surface area contributed by atoms with Crippen molar-refractivity contribution in [1.82, 2.24) is 8.87 Å². The lowest BCUT2D eigenvalue weighted by atomic mass is 10.3. The fourth-order valence-corrected chi connectivity index (χ4v) is 4.61. The Labute approximate surface area is 121 Å². The van der Waals surface area contributed by atoms with Crippen LogP contribution in [0.4, 0.5) is 0 Å². The number of hydrogen-bond acceptors (Lipinski definition) is 4. The van der Waals surface area contributed by atoms with Crippen LogP contribution in [0.2, 0.25) is 0 Å². The molecule has 0 saturated carbocycles.